The number of aromatic nitrogens is 1. The number of amides is 1. The third kappa shape index (κ3) is 3.90. The van der Waals surface area contributed by atoms with Gasteiger partial charge < -0.3 is 14.7 Å². The molecule has 2 aliphatic heterocycles. The van der Waals surface area contributed by atoms with Crippen LogP contribution in [0.2, 0.25) is 0 Å². The van der Waals surface area contributed by atoms with Gasteiger partial charge in [-0.3, -0.25) is 9.69 Å². The molecule has 1 aromatic carbocycles. The summed E-state index contributed by atoms with van der Waals surface area (Å²) >= 11 is 0. The number of halogens is 2. The van der Waals surface area contributed by atoms with Gasteiger partial charge in [0.1, 0.15) is 5.82 Å². The molecule has 1 atom stereocenters. The van der Waals surface area contributed by atoms with Crippen LogP contribution in [-0.2, 0) is 0 Å². The average molecular weight is 381 g/mol. The molecule has 0 aliphatic carbocycles. The van der Waals surface area contributed by atoms with Crippen molar-refractivity contribution in [1.82, 2.24) is 20.3 Å². The molecule has 0 spiro atoms. The minimum absolute atomic E-state index is 0. The van der Waals surface area contributed by atoms with Crippen molar-refractivity contribution in [3.63, 3.8) is 0 Å². The van der Waals surface area contributed by atoms with Gasteiger partial charge in [-0.05, 0) is 30.7 Å². The van der Waals surface area contributed by atoms with Gasteiger partial charge in [0.2, 0.25) is 0 Å². The number of nitrogens with one attached hydrogen (secondary N) is 1. The number of hydrogen-bond acceptors (Lipinski definition) is 5. The highest BCUT2D eigenvalue weighted by Crippen LogP contribution is 2.23. The molecule has 3 heterocycles. The van der Waals surface area contributed by atoms with E-state index in [0.29, 0.717) is 23.1 Å². The summed E-state index contributed by atoms with van der Waals surface area (Å²) in [4.78, 5) is 17.0. The second kappa shape index (κ2) is 8.16. The van der Waals surface area contributed by atoms with Gasteiger partial charge >= 0.3 is 0 Å². The topological polar surface area (TPSA) is 61.6 Å². The van der Waals surface area contributed by atoms with Crippen LogP contribution in [-0.4, -0.2) is 66.2 Å². The first-order valence-electron chi connectivity index (χ1n) is 8.67. The van der Waals surface area contributed by atoms with E-state index in [-0.39, 0.29) is 24.1 Å². The van der Waals surface area contributed by atoms with Gasteiger partial charge in [-0.25, -0.2) is 4.39 Å². The van der Waals surface area contributed by atoms with Crippen LogP contribution in [0.25, 0.3) is 11.3 Å². The number of rotatable bonds is 3. The Bertz CT molecular complexity index is 746. The molecule has 4 rings (SSSR count). The summed E-state index contributed by atoms with van der Waals surface area (Å²) in [6.07, 6.45) is 0.994. The van der Waals surface area contributed by atoms with E-state index in [1.807, 2.05) is 4.90 Å². The van der Waals surface area contributed by atoms with Crippen LogP contribution in [0.15, 0.2) is 34.9 Å². The molecule has 1 aromatic heterocycles. The zero-order valence-corrected chi connectivity index (χ0v) is 15.2. The molecule has 6 nitrogen and oxygen atoms in total. The summed E-state index contributed by atoms with van der Waals surface area (Å²) in [5.41, 5.74) is 1.01. The third-order valence-corrected chi connectivity index (χ3v) is 4.98. The number of likely N-dealkylation sites (tertiary alicyclic amines) is 1. The standard InChI is InChI=1S/C18H21FN4O2.ClH/c19-14-3-1-13(2-4-14)17-11-16(21-25-17)18(24)23-8-5-15(12-23)22-9-6-20-7-10-22;/h1-4,11,15,20H,5-10,12H2;1H. The average Bonchev–Trinajstić information content (AvgIpc) is 3.33. The summed E-state index contributed by atoms with van der Waals surface area (Å²) in [5, 5.41) is 7.27. The van der Waals surface area contributed by atoms with Crippen molar-refractivity contribution in [3.05, 3.63) is 41.8 Å². The molecule has 2 saturated heterocycles. The Morgan fingerprint density at radius 2 is 1.92 bits per heavy atom. The molecule has 0 bridgehead atoms. The monoisotopic (exact) mass is 380 g/mol. The molecule has 2 aliphatic rings. The van der Waals surface area contributed by atoms with Crippen LogP contribution in [0, 0.1) is 5.82 Å². The van der Waals surface area contributed by atoms with Crippen molar-refractivity contribution in [1.29, 1.82) is 0 Å². The zero-order valence-electron chi connectivity index (χ0n) is 14.4. The summed E-state index contributed by atoms with van der Waals surface area (Å²) < 4.78 is 18.3. The lowest BCUT2D eigenvalue weighted by molar-refractivity contribution is 0.0763. The maximum atomic E-state index is 13.0. The number of nitrogens with zero attached hydrogens (tertiary/aromatic N) is 3. The second-order valence-electron chi connectivity index (χ2n) is 6.56. The molecule has 1 amide bonds. The predicted molar refractivity (Wildman–Crippen MR) is 97.9 cm³/mol. The molecule has 1 unspecified atom stereocenters. The van der Waals surface area contributed by atoms with Gasteiger partial charge in [0.15, 0.2) is 11.5 Å². The van der Waals surface area contributed by atoms with E-state index in [9.17, 15) is 9.18 Å². The Balaban J connectivity index is 0.00000196. The molecular weight excluding hydrogens is 359 g/mol. The molecule has 1 N–H and O–H groups in total. The van der Waals surface area contributed by atoms with Crippen molar-refractivity contribution in [2.24, 2.45) is 0 Å². The van der Waals surface area contributed by atoms with Gasteiger partial charge in [0, 0.05) is 56.9 Å². The minimum atomic E-state index is -0.310. The second-order valence-corrected chi connectivity index (χ2v) is 6.56. The first-order valence-corrected chi connectivity index (χ1v) is 8.67. The SMILES string of the molecule is Cl.O=C(c1cc(-c2ccc(F)cc2)on1)N1CCC(N2CCNCC2)C1. The van der Waals surface area contributed by atoms with E-state index < -0.39 is 0 Å². The molecule has 0 radical (unpaired) electrons. The molecule has 0 saturated carbocycles. The van der Waals surface area contributed by atoms with Crippen LogP contribution in [0.4, 0.5) is 4.39 Å². The minimum Gasteiger partial charge on any atom is -0.355 e. The number of carbonyl (C=O) groups excluding carboxylic acids is 1. The first-order chi connectivity index (χ1) is 12.2. The van der Waals surface area contributed by atoms with E-state index in [4.69, 9.17) is 4.52 Å². The quantitative estimate of drug-likeness (QED) is 0.882. The van der Waals surface area contributed by atoms with Crippen molar-refractivity contribution in [2.75, 3.05) is 39.3 Å². The highest BCUT2D eigenvalue weighted by atomic mass is 35.5. The number of piperazine rings is 1. The Kier molecular flexibility index (Phi) is 5.90. The molecule has 140 valence electrons. The smallest absolute Gasteiger partial charge is 0.276 e. The Labute approximate surface area is 157 Å². The van der Waals surface area contributed by atoms with Gasteiger partial charge in [-0.1, -0.05) is 5.16 Å². The van der Waals surface area contributed by atoms with Crippen LogP contribution in [0.1, 0.15) is 16.9 Å². The summed E-state index contributed by atoms with van der Waals surface area (Å²) in [7, 11) is 0. The maximum absolute atomic E-state index is 13.0. The summed E-state index contributed by atoms with van der Waals surface area (Å²) in [6.45, 7) is 5.56. The van der Waals surface area contributed by atoms with E-state index in [1.54, 1.807) is 18.2 Å². The van der Waals surface area contributed by atoms with Gasteiger partial charge in [0.25, 0.3) is 5.91 Å². The highest BCUT2D eigenvalue weighted by molar-refractivity contribution is 5.93. The predicted octanol–water partition coefficient (Wildman–Crippen LogP) is 2.02. The number of benzene rings is 1. The number of hydrogen-bond donors (Lipinski definition) is 1. The van der Waals surface area contributed by atoms with Crippen LogP contribution >= 0.6 is 12.4 Å². The fourth-order valence-corrected chi connectivity index (χ4v) is 3.56. The lowest BCUT2D eigenvalue weighted by atomic mass is 10.1. The Morgan fingerprint density at radius 3 is 2.65 bits per heavy atom. The number of carbonyl (C=O) groups is 1. The van der Waals surface area contributed by atoms with Crippen LogP contribution < -0.4 is 5.32 Å². The van der Waals surface area contributed by atoms with Gasteiger partial charge in [0.05, 0.1) is 0 Å². The van der Waals surface area contributed by atoms with E-state index >= 15 is 0 Å². The summed E-state index contributed by atoms with van der Waals surface area (Å²) in [5.74, 6) is 0.0616. The molecule has 26 heavy (non-hydrogen) atoms. The Morgan fingerprint density at radius 1 is 1.19 bits per heavy atom. The van der Waals surface area contributed by atoms with Gasteiger partial charge in [-0.2, -0.15) is 0 Å². The summed E-state index contributed by atoms with van der Waals surface area (Å²) in [6, 6.07) is 8.00. The van der Waals surface area contributed by atoms with E-state index in [1.165, 1.54) is 12.1 Å². The fraction of sp³-hybridized carbons (Fsp3) is 0.444. The van der Waals surface area contributed by atoms with Crippen LogP contribution in [0.5, 0.6) is 0 Å². The first kappa shape index (κ1) is 18.8. The zero-order chi connectivity index (χ0) is 17.2. The van der Waals surface area contributed by atoms with E-state index in [0.717, 1.165) is 45.7 Å². The molecule has 2 aromatic rings. The largest absolute Gasteiger partial charge is 0.355 e. The van der Waals surface area contributed by atoms with Crippen molar-refractivity contribution in [2.45, 2.75) is 12.5 Å². The van der Waals surface area contributed by atoms with Crippen molar-refractivity contribution in [3.8, 4) is 11.3 Å². The van der Waals surface area contributed by atoms with Crippen molar-refractivity contribution < 1.29 is 13.7 Å². The molecule has 8 heteroatoms. The van der Waals surface area contributed by atoms with Crippen LogP contribution in [0.3, 0.4) is 0 Å². The highest BCUT2D eigenvalue weighted by Gasteiger charge is 2.32. The normalized spacial score (nSPS) is 20.8. The van der Waals surface area contributed by atoms with E-state index in [2.05, 4.69) is 15.4 Å². The third-order valence-electron chi connectivity index (χ3n) is 4.98. The lowest BCUT2D eigenvalue weighted by Gasteiger charge is -2.32. The van der Waals surface area contributed by atoms with Crippen molar-refractivity contribution >= 4 is 18.3 Å². The lowest BCUT2D eigenvalue weighted by Crippen LogP contribution is -2.49. The molecular formula is C18H22ClFN4O2. The van der Waals surface area contributed by atoms with Gasteiger partial charge in [-0.15, -0.1) is 12.4 Å². The molecule has 2 fully saturated rings. The maximum Gasteiger partial charge on any atom is 0.276 e. The Hall–Kier alpha value is -1.96. The fourth-order valence-electron chi connectivity index (χ4n) is 3.56.